The number of carboxylic acids is 1. The van der Waals surface area contributed by atoms with Crippen LogP contribution in [0.15, 0.2) is 24.3 Å². The van der Waals surface area contributed by atoms with Crippen LogP contribution in [0, 0.1) is 0 Å². The molecule has 116 valence electrons. The summed E-state index contributed by atoms with van der Waals surface area (Å²) in [5.74, 6) is 0.247. The van der Waals surface area contributed by atoms with Crippen LogP contribution in [0.3, 0.4) is 0 Å². The number of benzene rings is 1. The van der Waals surface area contributed by atoms with Crippen molar-refractivity contribution in [2.24, 2.45) is 0 Å². The molecule has 0 amide bonds. The van der Waals surface area contributed by atoms with Gasteiger partial charge in [-0.1, -0.05) is 12.1 Å². The quantitative estimate of drug-likeness (QED) is 0.672. The summed E-state index contributed by atoms with van der Waals surface area (Å²) in [6.45, 7) is 3.11. The van der Waals surface area contributed by atoms with Crippen molar-refractivity contribution < 1.29 is 14.6 Å². The second kappa shape index (κ2) is 7.53. The highest BCUT2D eigenvalue weighted by molar-refractivity contribution is 7.80. The average Bonchev–Trinajstić information content (AvgIpc) is 2.52. The van der Waals surface area contributed by atoms with Crippen molar-refractivity contribution in [2.75, 3.05) is 43.9 Å². The Morgan fingerprint density at radius 1 is 1.38 bits per heavy atom. The first kappa shape index (κ1) is 15.9. The summed E-state index contributed by atoms with van der Waals surface area (Å²) >= 11 is 4.06. The van der Waals surface area contributed by atoms with Gasteiger partial charge in [-0.25, -0.2) is 10.4 Å². The highest BCUT2D eigenvalue weighted by Gasteiger charge is 2.23. The van der Waals surface area contributed by atoms with Crippen molar-refractivity contribution in [2.45, 2.75) is 6.04 Å². The molecular weight excluding hydrogens is 290 g/mol. The van der Waals surface area contributed by atoms with E-state index < -0.39 is 12.0 Å². The van der Waals surface area contributed by atoms with Crippen LogP contribution in [0.2, 0.25) is 0 Å². The van der Waals surface area contributed by atoms with E-state index in [-0.39, 0.29) is 5.75 Å². The van der Waals surface area contributed by atoms with Crippen molar-refractivity contribution >= 4 is 24.3 Å². The molecule has 0 spiro atoms. The van der Waals surface area contributed by atoms with Crippen molar-refractivity contribution in [1.82, 2.24) is 10.4 Å². The van der Waals surface area contributed by atoms with Gasteiger partial charge in [0.05, 0.1) is 12.8 Å². The Balaban J connectivity index is 1.92. The summed E-state index contributed by atoms with van der Waals surface area (Å²) in [5, 5.41) is 11.0. The van der Waals surface area contributed by atoms with Gasteiger partial charge in [-0.2, -0.15) is 12.6 Å². The highest BCUT2D eigenvalue weighted by Crippen LogP contribution is 2.28. The number of carboxylic acid groups (broad SMARTS) is 1. The molecule has 1 aliphatic rings. The number of carbonyl (C=O) groups is 1. The first-order chi connectivity index (χ1) is 10.2. The van der Waals surface area contributed by atoms with Gasteiger partial charge >= 0.3 is 5.97 Å². The number of thiol groups is 1. The third-order valence-electron chi connectivity index (χ3n) is 3.52. The lowest BCUT2D eigenvalue weighted by Crippen LogP contribution is -2.57. The van der Waals surface area contributed by atoms with E-state index in [4.69, 9.17) is 9.84 Å². The van der Waals surface area contributed by atoms with E-state index in [0.717, 1.165) is 37.6 Å². The molecule has 1 aromatic carbocycles. The molecule has 1 aliphatic heterocycles. The van der Waals surface area contributed by atoms with E-state index >= 15 is 0 Å². The molecule has 1 atom stereocenters. The molecule has 0 unspecified atom stereocenters. The first-order valence-corrected chi connectivity index (χ1v) is 7.51. The number of nitrogens with zero attached hydrogens (tertiary/aromatic N) is 2. The Morgan fingerprint density at radius 2 is 2.05 bits per heavy atom. The van der Waals surface area contributed by atoms with Gasteiger partial charge in [0.2, 0.25) is 0 Å². The predicted octanol–water partition coefficient (Wildman–Crippen LogP) is 0.705. The zero-order valence-electron chi connectivity index (χ0n) is 12.0. The lowest BCUT2D eigenvalue weighted by molar-refractivity contribution is -0.140. The maximum Gasteiger partial charge on any atom is 0.322 e. The molecule has 0 saturated carbocycles. The Morgan fingerprint density at radius 3 is 2.62 bits per heavy atom. The number of aliphatic carboxylic acids is 1. The van der Waals surface area contributed by atoms with Crippen LogP contribution in [-0.2, 0) is 4.79 Å². The van der Waals surface area contributed by atoms with Gasteiger partial charge in [-0.3, -0.25) is 4.79 Å². The lowest BCUT2D eigenvalue weighted by atomic mass is 10.2. The topological polar surface area (TPSA) is 65.0 Å². The molecule has 1 heterocycles. The van der Waals surface area contributed by atoms with E-state index in [9.17, 15) is 4.79 Å². The van der Waals surface area contributed by atoms with E-state index in [1.165, 1.54) is 0 Å². The minimum atomic E-state index is -0.878. The molecule has 2 N–H and O–H groups in total. The molecule has 0 radical (unpaired) electrons. The van der Waals surface area contributed by atoms with Crippen molar-refractivity contribution in [3.8, 4) is 5.75 Å². The normalized spacial score (nSPS) is 17.5. The maximum absolute atomic E-state index is 11.0. The summed E-state index contributed by atoms with van der Waals surface area (Å²) in [4.78, 5) is 13.3. The second-order valence-corrected chi connectivity index (χ2v) is 5.21. The van der Waals surface area contributed by atoms with Crippen LogP contribution in [0.5, 0.6) is 5.75 Å². The molecule has 0 aromatic heterocycles. The predicted molar refractivity (Wildman–Crippen MR) is 85.2 cm³/mol. The van der Waals surface area contributed by atoms with Crippen LogP contribution < -0.4 is 15.1 Å². The third-order valence-corrected chi connectivity index (χ3v) is 3.89. The van der Waals surface area contributed by atoms with E-state index in [2.05, 4.69) is 23.0 Å². The summed E-state index contributed by atoms with van der Waals surface area (Å²) < 4.78 is 5.38. The number of hydrogen-bond donors (Lipinski definition) is 3. The van der Waals surface area contributed by atoms with Crippen molar-refractivity contribution in [1.29, 1.82) is 0 Å². The van der Waals surface area contributed by atoms with Gasteiger partial charge in [0, 0.05) is 31.9 Å². The van der Waals surface area contributed by atoms with Gasteiger partial charge < -0.3 is 14.7 Å². The zero-order valence-corrected chi connectivity index (χ0v) is 12.9. The SMILES string of the molecule is COc1ccccc1N1CCN(N[C@@H](CS)C(=O)O)CC1. The summed E-state index contributed by atoms with van der Waals surface area (Å²) in [7, 11) is 1.67. The van der Waals surface area contributed by atoms with E-state index in [1.54, 1.807) is 7.11 Å². The van der Waals surface area contributed by atoms with Gasteiger partial charge in [-0.15, -0.1) is 0 Å². The maximum atomic E-state index is 11.0. The fourth-order valence-corrected chi connectivity index (χ4v) is 2.60. The molecule has 1 fully saturated rings. The smallest absolute Gasteiger partial charge is 0.322 e. The molecule has 21 heavy (non-hydrogen) atoms. The molecule has 7 heteroatoms. The Labute approximate surface area is 130 Å². The summed E-state index contributed by atoms with van der Waals surface area (Å²) in [6.07, 6.45) is 0. The molecule has 6 nitrogen and oxygen atoms in total. The van der Waals surface area contributed by atoms with Crippen molar-refractivity contribution in [3.63, 3.8) is 0 Å². The largest absolute Gasteiger partial charge is 0.495 e. The van der Waals surface area contributed by atoms with Gasteiger partial charge in [0.15, 0.2) is 0 Å². The number of anilines is 1. The van der Waals surface area contributed by atoms with Crippen molar-refractivity contribution in [3.05, 3.63) is 24.3 Å². The lowest BCUT2D eigenvalue weighted by Gasteiger charge is -2.37. The summed E-state index contributed by atoms with van der Waals surface area (Å²) in [5.41, 5.74) is 4.08. The minimum Gasteiger partial charge on any atom is -0.495 e. The average molecular weight is 311 g/mol. The molecule has 0 aliphatic carbocycles. The van der Waals surface area contributed by atoms with Crippen LogP contribution in [-0.4, -0.2) is 61.2 Å². The Bertz CT molecular complexity index is 478. The van der Waals surface area contributed by atoms with Crippen LogP contribution in [0.4, 0.5) is 5.69 Å². The third kappa shape index (κ3) is 4.03. The summed E-state index contributed by atoms with van der Waals surface area (Å²) in [6, 6.07) is 7.27. The monoisotopic (exact) mass is 311 g/mol. The number of rotatable bonds is 6. The number of hydrazine groups is 1. The van der Waals surface area contributed by atoms with Crippen LogP contribution >= 0.6 is 12.6 Å². The second-order valence-electron chi connectivity index (χ2n) is 4.85. The first-order valence-electron chi connectivity index (χ1n) is 6.88. The fourth-order valence-electron chi connectivity index (χ4n) is 2.36. The van der Waals surface area contributed by atoms with Gasteiger partial charge in [0.1, 0.15) is 11.8 Å². The van der Waals surface area contributed by atoms with Crippen LogP contribution in [0.25, 0.3) is 0 Å². The number of methoxy groups -OCH3 is 1. The van der Waals surface area contributed by atoms with E-state index in [0.29, 0.717) is 0 Å². The standard InChI is InChI=1S/C14H21N3O3S/c1-20-13-5-3-2-4-12(13)16-6-8-17(9-7-16)15-11(10-21)14(18)19/h2-5,11,15,21H,6-10H2,1H3,(H,18,19)/t11-/m0/s1. The Kier molecular flexibility index (Phi) is 5.72. The number of ether oxygens (including phenoxy) is 1. The molecule has 1 saturated heterocycles. The number of para-hydroxylation sites is 2. The fraction of sp³-hybridized carbons (Fsp3) is 0.500. The number of hydrogen-bond acceptors (Lipinski definition) is 6. The molecular formula is C14H21N3O3S. The molecule has 1 aromatic rings. The Hall–Kier alpha value is -1.44. The molecule has 2 rings (SSSR count). The minimum absolute atomic E-state index is 0.266. The van der Waals surface area contributed by atoms with E-state index in [1.807, 2.05) is 29.3 Å². The highest BCUT2D eigenvalue weighted by atomic mass is 32.1. The van der Waals surface area contributed by atoms with Crippen LogP contribution in [0.1, 0.15) is 0 Å². The number of nitrogens with one attached hydrogen (secondary N) is 1. The van der Waals surface area contributed by atoms with Gasteiger partial charge in [-0.05, 0) is 12.1 Å². The number of piperazine rings is 1. The molecule has 0 bridgehead atoms. The zero-order chi connectivity index (χ0) is 15.2. The van der Waals surface area contributed by atoms with Gasteiger partial charge in [0.25, 0.3) is 0 Å².